The van der Waals surface area contributed by atoms with Crippen molar-refractivity contribution >= 4 is 29.3 Å². The summed E-state index contributed by atoms with van der Waals surface area (Å²) in [5, 5.41) is 15.0. The van der Waals surface area contributed by atoms with E-state index < -0.39 is 12.0 Å². The van der Waals surface area contributed by atoms with Crippen molar-refractivity contribution in [3.05, 3.63) is 83.4 Å². The van der Waals surface area contributed by atoms with Crippen LogP contribution >= 0.6 is 0 Å². The molecule has 1 aliphatic heterocycles. The van der Waals surface area contributed by atoms with Crippen LogP contribution in [0.1, 0.15) is 54.1 Å². The summed E-state index contributed by atoms with van der Waals surface area (Å²) in [6.07, 6.45) is 1.38. The highest BCUT2D eigenvalue weighted by Crippen LogP contribution is 2.27. The Bertz CT molecular complexity index is 1270. The van der Waals surface area contributed by atoms with E-state index in [4.69, 9.17) is 5.11 Å². The number of carbonyl (C=O) groups excluding carboxylic acids is 2. The Labute approximate surface area is 211 Å². The lowest BCUT2D eigenvalue weighted by Gasteiger charge is -2.24. The largest absolute Gasteiger partial charge is 0.478 e. The maximum Gasteiger partial charge on any atom is 0.335 e. The third-order valence-electron chi connectivity index (χ3n) is 6.58. The molecule has 1 heterocycles. The molecule has 1 saturated heterocycles. The molecule has 0 spiro atoms. The van der Waals surface area contributed by atoms with Crippen molar-refractivity contribution in [1.82, 2.24) is 4.90 Å². The lowest BCUT2D eigenvalue weighted by Crippen LogP contribution is -2.45. The first-order valence-corrected chi connectivity index (χ1v) is 12.2. The number of amides is 3. The smallest absolute Gasteiger partial charge is 0.335 e. The van der Waals surface area contributed by atoms with E-state index in [1.165, 1.54) is 5.56 Å². The molecule has 0 bridgehead atoms. The van der Waals surface area contributed by atoms with Gasteiger partial charge in [0.2, 0.25) is 5.91 Å². The van der Waals surface area contributed by atoms with Gasteiger partial charge in [0.25, 0.3) is 0 Å². The zero-order chi connectivity index (χ0) is 25.8. The van der Waals surface area contributed by atoms with Gasteiger partial charge in [0.15, 0.2) is 0 Å². The van der Waals surface area contributed by atoms with E-state index in [1.54, 1.807) is 29.2 Å². The standard InChI is InChI=1S/C29H31N3O4/c1-18(2)20-10-12-23(13-11-20)31-29(36)32-16-4-5-26(32)27(33)30-24-14-15-25(19(3)17-24)21-6-8-22(9-7-21)28(34)35/h6-15,17-18,26H,4-5,16H2,1-3H3,(H,30,33)(H,31,36)(H,34,35)/t26-/m1/s1. The second-order valence-corrected chi connectivity index (χ2v) is 9.46. The van der Waals surface area contributed by atoms with Gasteiger partial charge in [-0.05, 0) is 84.3 Å². The summed E-state index contributed by atoms with van der Waals surface area (Å²) in [7, 11) is 0. The maximum absolute atomic E-state index is 13.1. The number of hydrogen-bond acceptors (Lipinski definition) is 3. The molecule has 0 unspecified atom stereocenters. The van der Waals surface area contributed by atoms with Crippen molar-refractivity contribution in [2.45, 2.75) is 45.6 Å². The van der Waals surface area contributed by atoms with Crippen molar-refractivity contribution in [2.75, 3.05) is 17.2 Å². The van der Waals surface area contributed by atoms with Crippen LogP contribution in [0.4, 0.5) is 16.2 Å². The Kier molecular flexibility index (Phi) is 7.38. The predicted molar refractivity (Wildman–Crippen MR) is 141 cm³/mol. The first kappa shape index (κ1) is 25.0. The van der Waals surface area contributed by atoms with Gasteiger partial charge < -0.3 is 20.6 Å². The number of carboxylic acids is 1. The van der Waals surface area contributed by atoms with Gasteiger partial charge in [0.05, 0.1) is 5.56 Å². The highest BCUT2D eigenvalue weighted by molar-refractivity contribution is 6.00. The van der Waals surface area contributed by atoms with Crippen molar-refractivity contribution in [3.8, 4) is 11.1 Å². The third-order valence-corrected chi connectivity index (χ3v) is 6.58. The molecule has 4 rings (SSSR count). The average molecular weight is 486 g/mol. The average Bonchev–Trinajstić information content (AvgIpc) is 3.35. The molecule has 0 radical (unpaired) electrons. The maximum atomic E-state index is 13.1. The number of benzene rings is 3. The van der Waals surface area contributed by atoms with Crippen LogP contribution < -0.4 is 10.6 Å². The molecule has 0 aliphatic carbocycles. The summed E-state index contributed by atoms with van der Waals surface area (Å²) < 4.78 is 0. The molecule has 36 heavy (non-hydrogen) atoms. The number of carbonyl (C=O) groups is 3. The van der Waals surface area contributed by atoms with Crippen LogP contribution in [0, 0.1) is 6.92 Å². The summed E-state index contributed by atoms with van der Waals surface area (Å²) in [6, 6.07) is 19.3. The first-order valence-electron chi connectivity index (χ1n) is 12.2. The molecule has 186 valence electrons. The first-order chi connectivity index (χ1) is 17.2. The number of hydrogen-bond donors (Lipinski definition) is 3. The van der Waals surface area contributed by atoms with Crippen LogP contribution in [0.5, 0.6) is 0 Å². The highest BCUT2D eigenvalue weighted by atomic mass is 16.4. The number of rotatable bonds is 6. The van der Waals surface area contributed by atoms with Gasteiger partial charge >= 0.3 is 12.0 Å². The molecular weight excluding hydrogens is 454 g/mol. The van der Waals surface area contributed by atoms with E-state index in [9.17, 15) is 14.4 Å². The van der Waals surface area contributed by atoms with Crippen LogP contribution in [0.2, 0.25) is 0 Å². The van der Waals surface area contributed by atoms with Gasteiger partial charge in [-0.1, -0.05) is 44.2 Å². The minimum atomic E-state index is -0.963. The zero-order valence-electron chi connectivity index (χ0n) is 20.7. The van der Waals surface area contributed by atoms with Crippen LogP contribution in [0.3, 0.4) is 0 Å². The molecule has 3 aromatic carbocycles. The Morgan fingerprint density at radius 2 is 1.58 bits per heavy atom. The van der Waals surface area contributed by atoms with Crippen molar-refractivity contribution in [2.24, 2.45) is 0 Å². The molecule has 1 aliphatic rings. The van der Waals surface area contributed by atoms with E-state index in [0.29, 0.717) is 30.3 Å². The normalized spacial score (nSPS) is 15.1. The van der Waals surface area contributed by atoms with Gasteiger partial charge in [0, 0.05) is 17.9 Å². The number of aryl methyl sites for hydroxylation is 1. The SMILES string of the molecule is Cc1cc(NC(=O)[C@H]2CCCN2C(=O)Nc2ccc(C(C)C)cc2)ccc1-c1ccc(C(=O)O)cc1. The molecule has 1 fully saturated rings. The van der Waals surface area contributed by atoms with E-state index in [2.05, 4.69) is 24.5 Å². The minimum Gasteiger partial charge on any atom is -0.478 e. The van der Waals surface area contributed by atoms with Crippen LogP contribution in [0.15, 0.2) is 66.7 Å². The molecule has 7 heteroatoms. The molecule has 3 N–H and O–H groups in total. The Balaban J connectivity index is 1.41. The van der Waals surface area contributed by atoms with E-state index in [-0.39, 0.29) is 17.5 Å². The van der Waals surface area contributed by atoms with Crippen LogP contribution in [-0.4, -0.2) is 40.5 Å². The van der Waals surface area contributed by atoms with Gasteiger partial charge in [-0.3, -0.25) is 4.79 Å². The zero-order valence-corrected chi connectivity index (χ0v) is 20.7. The number of anilines is 2. The van der Waals surface area contributed by atoms with E-state index >= 15 is 0 Å². The molecule has 7 nitrogen and oxygen atoms in total. The van der Waals surface area contributed by atoms with Crippen molar-refractivity contribution < 1.29 is 19.5 Å². The van der Waals surface area contributed by atoms with Crippen LogP contribution in [0.25, 0.3) is 11.1 Å². The monoisotopic (exact) mass is 485 g/mol. The Morgan fingerprint density at radius 1 is 0.917 bits per heavy atom. The molecule has 3 amide bonds. The minimum absolute atomic E-state index is 0.212. The fourth-order valence-electron chi connectivity index (χ4n) is 4.51. The van der Waals surface area contributed by atoms with E-state index in [0.717, 1.165) is 23.1 Å². The second-order valence-electron chi connectivity index (χ2n) is 9.46. The number of carboxylic acid groups (broad SMARTS) is 1. The van der Waals surface area contributed by atoms with Gasteiger partial charge in [-0.15, -0.1) is 0 Å². The van der Waals surface area contributed by atoms with Crippen molar-refractivity contribution in [1.29, 1.82) is 0 Å². The summed E-state index contributed by atoms with van der Waals surface area (Å²) in [6.45, 7) is 6.71. The van der Waals surface area contributed by atoms with Crippen LogP contribution in [-0.2, 0) is 4.79 Å². The number of likely N-dealkylation sites (tertiary alicyclic amines) is 1. The lowest BCUT2D eigenvalue weighted by atomic mass is 9.99. The second kappa shape index (κ2) is 10.6. The molecule has 0 aromatic heterocycles. The number of nitrogens with zero attached hydrogens (tertiary/aromatic N) is 1. The Hall–Kier alpha value is -4.13. The fourth-order valence-corrected chi connectivity index (χ4v) is 4.51. The summed E-state index contributed by atoms with van der Waals surface area (Å²) >= 11 is 0. The van der Waals surface area contributed by atoms with Gasteiger partial charge in [-0.2, -0.15) is 0 Å². The number of nitrogens with one attached hydrogen (secondary N) is 2. The molecule has 3 aromatic rings. The Morgan fingerprint density at radius 3 is 2.19 bits per heavy atom. The summed E-state index contributed by atoms with van der Waals surface area (Å²) in [5.74, 6) is -0.762. The molecule has 0 saturated carbocycles. The predicted octanol–water partition coefficient (Wildman–Crippen LogP) is 6.12. The summed E-state index contributed by atoms with van der Waals surface area (Å²) in [4.78, 5) is 38.7. The topological polar surface area (TPSA) is 98.7 Å². The van der Waals surface area contributed by atoms with Crippen molar-refractivity contribution in [3.63, 3.8) is 0 Å². The summed E-state index contributed by atoms with van der Waals surface area (Å²) in [5.41, 5.74) is 5.59. The van der Waals surface area contributed by atoms with Gasteiger partial charge in [-0.25, -0.2) is 9.59 Å². The number of aromatic carboxylic acids is 1. The third kappa shape index (κ3) is 5.57. The molecular formula is C29H31N3O4. The lowest BCUT2D eigenvalue weighted by molar-refractivity contribution is -0.119. The fraction of sp³-hybridized carbons (Fsp3) is 0.276. The van der Waals surface area contributed by atoms with E-state index in [1.807, 2.05) is 49.4 Å². The molecule has 1 atom stereocenters. The quantitative estimate of drug-likeness (QED) is 0.392. The van der Waals surface area contributed by atoms with Gasteiger partial charge in [0.1, 0.15) is 6.04 Å². The highest BCUT2D eigenvalue weighted by Gasteiger charge is 2.34. The number of urea groups is 1.